The highest BCUT2D eigenvalue weighted by atomic mass is 79.9. The molecule has 1 amide bonds. The van der Waals surface area contributed by atoms with Crippen LogP contribution >= 0.6 is 50.6 Å². The number of halogens is 2. The maximum atomic E-state index is 12.8. The van der Waals surface area contributed by atoms with Crippen LogP contribution in [0.15, 0.2) is 63.5 Å². The Balaban J connectivity index is 1.42. The second kappa shape index (κ2) is 12.1. The average molecular weight is 622 g/mol. The average Bonchev–Trinajstić information content (AvgIpc) is 3.47. The van der Waals surface area contributed by atoms with E-state index >= 15 is 0 Å². The molecule has 2 heterocycles. The van der Waals surface area contributed by atoms with Gasteiger partial charge < -0.3 is 19.4 Å². The molecule has 4 rings (SSSR count). The summed E-state index contributed by atoms with van der Waals surface area (Å²) in [5, 5.41) is 14.7. The number of rotatable bonds is 9. The van der Waals surface area contributed by atoms with E-state index in [0.29, 0.717) is 37.9 Å². The Labute approximate surface area is 235 Å². The molecule has 1 unspecified atom stereocenters. The fraction of sp³-hybridized carbons (Fsp3) is 0.200. The smallest absolute Gasteiger partial charge is 0.341 e. The number of nitrogens with one attached hydrogen (secondary N) is 1. The molecule has 192 valence electrons. The third-order valence-corrected chi connectivity index (χ3v) is 7.98. The number of amides is 1. The third-order valence-electron chi connectivity index (χ3n) is 5.28. The zero-order valence-corrected chi connectivity index (χ0v) is 24.0. The van der Waals surface area contributed by atoms with Crippen LogP contribution in [0.1, 0.15) is 29.2 Å². The summed E-state index contributed by atoms with van der Waals surface area (Å²) in [5.74, 6) is 0.588. The molecular weight excluding hydrogens is 600 g/mol. The summed E-state index contributed by atoms with van der Waals surface area (Å²) in [5.41, 5.74) is 1.75. The van der Waals surface area contributed by atoms with Crippen molar-refractivity contribution in [3.63, 3.8) is 0 Å². The molecule has 0 saturated heterocycles. The zero-order chi connectivity index (χ0) is 26.5. The zero-order valence-electron chi connectivity index (χ0n) is 20.0. The van der Waals surface area contributed by atoms with Gasteiger partial charge in [-0.15, -0.1) is 21.5 Å². The highest BCUT2D eigenvalue weighted by Gasteiger charge is 2.23. The van der Waals surface area contributed by atoms with Gasteiger partial charge in [-0.3, -0.25) is 4.79 Å². The van der Waals surface area contributed by atoms with Crippen molar-refractivity contribution >= 4 is 67.5 Å². The van der Waals surface area contributed by atoms with E-state index in [0.717, 1.165) is 10.0 Å². The molecule has 37 heavy (non-hydrogen) atoms. The number of ether oxygens (including phenoxy) is 2. The Hall–Kier alpha value is -2.86. The van der Waals surface area contributed by atoms with Crippen LogP contribution in [0.3, 0.4) is 0 Å². The van der Waals surface area contributed by atoms with E-state index in [9.17, 15) is 9.59 Å². The monoisotopic (exact) mass is 620 g/mol. The molecule has 0 radical (unpaired) electrons. The maximum Gasteiger partial charge on any atom is 0.341 e. The van der Waals surface area contributed by atoms with Crippen LogP contribution in [0.2, 0.25) is 5.02 Å². The Kier molecular flexibility index (Phi) is 8.91. The van der Waals surface area contributed by atoms with Crippen LogP contribution < -0.4 is 10.1 Å². The van der Waals surface area contributed by atoms with Crippen LogP contribution in [0.25, 0.3) is 11.1 Å². The van der Waals surface area contributed by atoms with Gasteiger partial charge in [0.2, 0.25) is 5.91 Å². The number of methoxy groups -OCH3 is 1. The molecule has 0 aliphatic carbocycles. The largest absolute Gasteiger partial charge is 0.483 e. The van der Waals surface area contributed by atoms with Crippen molar-refractivity contribution in [2.45, 2.75) is 18.2 Å². The number of thiophene rings is 1. The number of hydrogen-bond acceptors (Lipinski definition) is 8. The summed E-state index contributed by atoms with van der Waals surface area (Å²) in [6, 6.07) is 14.6. The van der Waals surface area contributed by atoms with Gasteiger partial charge in [-0.2, -0.15) is 0 Å². The number of thioether (sulfide) groups is 1. The van der Waals surface area contributed by atoms with Crippen molar-refractivity contribution in [1.82, 2.24) is 14.8 Å². The molecule has 0 fully saturated rings. The van der Waals surface area contributed by atoms with E-state index in [1.807, 2.05) is 50.4 Å². The third kappa shape index (κ3) is 6.53. The number of carbonyl (C=O) groups is 2. The molecule has 8 nitrogen and oxygen atoms in total. The summed E-state index contributed by atoms with van der Waals surface area (Å²) < 4.78 is 13.7. The summed E-state index contributed by atoms with van der Waals surface area (Å²) in [7, 11) is 3.13. The van der Waals surface area contributed by atoms with Crippen molar-refractivity contribution in [1.29, 1.82) is 0 Å². The quantitative estimate of drug-likeness (QED) is 0.166. The van der Waals surface area contributed by atoms with Crippen LogP contribution in [0.5, 0.6) is 5.75 Å². The number of carbonyl (C=O) groups excluding carboxylic acids is 2. The van der Waals surface area contributed by atoms with Gasteiger partial charge >= 0.3 is 5.97 Å². The van der Waals surface area contributed by atoms with Crippen LogP contribution in [0, 0.1) is 0 Å². The molecule has 2 aromatic heterocycles. The fourth-order valence-electron chi connectivity index (χ4n) is 3.47. The van der Waals surface area contributed by atoms with Gasteiger partial charge in [0.25, 0.3) is 0 Å². The van der Waals surface area contributed by atoms with Crippen LogP contribution in [-0.4, -0.2) is 39.5 Å². The molecule has 0 aliphatic heterocycles. The van der Waals surface area contributed by atoms with E-state index in [2.05, 4.69) is 31.4 Å². The number of hydrogen-bond donors (Lipinski definition) is 1. The molecule has 0 aliphatic rings. The molecule has 1 atom stereocenters. The molecule has 12 heteroatoms. The molecular formula is C25H22BrClN4O4S2. The van der Waals surface area contributed by atoms with Gasteiger partial charge in [0.05, 0.1) is 12.9 Å². The number of benzene rings is 2. The van der Waals surface area contributed by atoms with E-state index in [-0.39, 0.29) is 17.8 Å². The fourth-order valence-corrected chi connectivity index (χ4v) is 5.55. The van der Waals surface area contributed by atoms with E-state index in [4.69, 9.17) is 21.1 Å². The lowest BCUT2D eigenvalue weighted by molar-refractivity contribution is -0.113. The van der Waals surface area contributed by atoms with Crippen molar-refractivity contribution in [3.05, 3.63) is 74.8 Å². The van der Waals surface area contributed by atoms with Gasteiger partial charge in [-0.05, 0) is 48.9 Å². The Bertz CT molecular complexity index is 1410. The van der Waals surface area contributed by atoms with Crippen molar-refractivity contribution in [3.8, 4) is 16.9 Å². The molecule has 1 N–H and O–H groups in total. The number of esters is 1. The maximum absolute atomic E-state index is 12.8. The topological polar surface area (TPSA) is 95.3 Å². The van der Waals surface area contributed by atoms with Gasteiger partial charge in [-0.1, -0.05) is 51.4 Å². The van der Waals surface area contributed by atoms with Crippen molar-refractivity contribution < 1.29 is 19.1 Å². The second-order valence-electron chi connectivity index (χ2n) is 7.80. The molecule has 0 bridgehead atoms. The minimum atomic E-state index is -0.535. The lowest BCUT2D eigenvalue weighted by atomic mass is 10.0. The molecule has 2 aromatic carbocycles. The van der Waals surface area contributed by atoms with Gasteiger partial charge in [0, 0.05) is 27.5 Å². The predicted octanol–water partition coefficient (Wildman–Crippen LogP) is 6.62. The van der Waals surface area contributed by atoms with Crippen molar-refractivity contribution in [2.24, 2.45) is 7.05 Å². The number of aromatic nitrogens is 3. The first-order valence-electron chi connectivity index (χ1n) is 11.0. The van der Waals surface area contributed by atoms with E-state index in [1.165, 1.54) is 30.2 Å². The van der Waals surface area contributed by atoms with Gasteiger partial charge in [0.15, 0.2) is 17.1 Å². The normalized spacial score (nSPS) is 11.7. The van der Waals surface area contributed by atoms with Crippen molar-refractivity contribution in [2.75, 3.05) is 18.2 Å². The minimum Gasteiger partial charge on any atom is -0.483 e. The lowest BCUT2D eigenvalue weighted by Gasteiger charge is -2.14. The number of anilines is 1. The summed E-state index contributed by atoms with van der Waals surface area (Å²) in [4.78, 5) is 25.3. The highest BCUT2D eigenvalue weighted by molar-refractivity contribution is 9.10. The molecule has 0 saturated carbocycles. The SMILES string of the molecule is COC(=O)c1c(-c2ccc(Cl)cc2)csc1NC(=O)CSc1nnc(C(C)Oc2ccc(Br)cc2)n1C. The second-order valence-corrected chi connectivity index (χ2v) is 11.0. The van der Waals surface area contributed by atoms with Gasteiger partial charge in [-0.25, -0.2) is 4.79 Å². The summed E-state index contributed by atoms with van der Waals surface area (Å²) in [6.07, 6.45) is -0.345. The molecule has 4 aromatic rings. The first kappa shape index (κ1) is 27.2. The first-order chi connectivity index (χ1) is 17.8. The Morgan fingerprint density at radius 2 is 1.86 bits per heavy atom. The highest BCUT2D eigenvalue weighted by Crippen LogP contribution is 2.37. The first-order valence-corrected chi connectivity index (χ1v) is 14.0. The molecule has 0 spiro atoms. The Morgan fingerprint density at radius 3 is 2.54 bits per heavy atom. The van der Waals surface area contributed by atoms with E-state index < -0.39 is 5.97 Å². The van der Waals surface area contributed by atoms with E-state index in [1.54, 1.807) is 22.1 Å². The van der Waals surface area contributed by atoms with Gasteiger partial charge in [0.1, 0.15) is 16.3 Å². The van der Waals surface area contributed by atoms with Crippen LogP contribution in [-0.2, 0) is 16.6 Å². The standard InChI is InChI=1S/C25H22BrClN4O4S2/c1-14(35-18-10-6-16(26)7-11-18)22-29-30-25(31(22)2)37-13-20(32)28-23-21(24(33)34-3)19(12-36-23)15-4-8-17(27)9-5-15/h4-12,14H,13H2,1-3H3,(H,28,32). The summed E-state index contributed by atoms with van der Waals surface area (Å²) in [6.45, 7) is 1.89. The predicted molar refractivity (Wildman–Crippen MR) is 150 cm³/mol. The van der Waals surface area contributed by atoms with Crippen LogP contribution in [0.4, 0.5) is 5.00 Å². The lowest BCUT2D eigenvalue weighted by Crippen LogP contribution is -2.16. The minimum absolute atomic E-state index is 0.0721. The Morgan fingerprint density at radius 1 is 1.16 bits per heavy atom. The number of nitrogens with zero attached hydrogens (tertiary/aromatic N) is 3. The summed E-state index contributed by atoms with van der Waals surface area (Å²) >= 11 is 11.9.